The fraction of sp³-hybridized carbons (Fsp3) is 0.167. The van der Waals surface area contributed by atoms with Crippen LogP contribution in [-0.2, 0) is 16.1 Å². The first-order valence-corrected chi connectivity index (χ1v) is 16.3. The number of ether oxygens (including phenoxy) is 2. The van der Waals surface area contributed by atoms with E-state index in [0.717, 1.165) is 18.3 Å². The van der Waals surface area contributed by atoms with E-state index in [-0.39, 0.29) is 24.3 Å². The Morgan fingerprint density at radius 1 is 1.12 bits per heavy atom. The van der Waals surface area contributed by atoms with Gasteiger partial charge in [0.2, 0.25) is 0 Å². The lowest BCUT2D eigenvalue weighted by Crippen LogP contribution is -2.39. The van der Waals surface area contributed by atoms with Crippen LogP contribution in [-0.4, -0.2) is 17.1 Å². The van der Waals surface area contributed by atoms with E-state index in [1.54, 1.807) is 44.2 Å². The van der Waals surface area contributed by atoms with E-state index in [0.29, 0.717) is 36.4 Å². The molecule has 0 amide bonds. The van der Waals surface area contributed by atoms with Crippen LogP contribution in [0.3, 0.4) is 0 Å². The van der Waals surface area contributed by atoms with E-state index in [9.17, 15) is 14.0 Å². The van der Waals surface area contributed by atoms with Crippen molar-refractivity contribution in [3.05, 3.63) is 125 Å². The van der Waals surface area contributed by atoms with Gasteiger partial charge >= 0.3 is 5.97 Å². The molecular weight excluding hydrogens is 828 g/mol. The Bertz CT molecular complexity index is 1900. The first kappa shape index (κ1) is 31.2. The number of esters is 1. The number of hydrogen-bond acceptors (Lipinski definition) is 6. The highest BCUT2D eigenvalue weighted by Crippen LogP contribution is 2.32. The molecule has 6 nitrogen and oxygen atoms in total. The molecule has 0 spiro atoms. The second-order valence-corrected chi connectivity index (χ2v) is 13.4. The molecule has 12 heteroatoms. The van der Waals surface area contributed by atoms with E-state index in [1.807, 2.05) is 18.2 Å². The molecule has 0 saturated carbocycles. The third-order valence-electron chi connectivity index (χ3n) is 6.41. The minimum atomic E-state index is -0.807. The lowest BCUT2D eigenvalue weighted by molar-refractivity contribution is -0.139. The molecule has 0 N–H and O–H groups in total. The Hall–Kier alpha value is -2.26. The maximum atomic E-state index is 13.8. The van der Waals surface area contributed by atoms with Gasteiger partial charge in [0.05, 0.1) is 35.6 Å². The average molecular weight is 849 g/mol. The second-order valence-electron chi connectivity index (χ2n) is 9.19. The fourth-order valence-electron chi connectivity index (χ4n) is 4.49. The number of aromatic nitrogens is 1. The van der Waals surface area contributed by atoms with Crippen LogP contribution in [0.2, 0.25) is 10.0 Å². The van der Waals surface area contributed by atoms with Gasteiger partial charge in [-0.3, -0.25) is 9.36 Å². The first-order chi connectivity index (χ1) is 20.1. The van der Waals surface area contributed by atoms with Crippen LogP contribution >= 0.6 is 79.7 Å². The normalized spacial score (nSPS) is 14.9. The molecule has 2 heterocycles. The van der Waals surface area contributed by atoms with Crippen molar-refractivity contribution in [3.63, 3.8) is 0 Å². The lowest BCUT2D eigenvalue weighted by atomic mass is 9.96. The van der Waals surface area contributed by atoms with E-state index in [1.165, 1.54) is 28.0 Å². The monoisotopic (exact) mass is 848 g/mol. The van der Waals surface area contributed by atoms with Gasteiger partial charge in [-0.15, -0.1) is 0 Å². The van der Waals surface area contributed by atoms with Crippen LogP contribution < -0.4 is 19.6 Å². The van der Waals surface area contributed by atoms with Gasteiger partial charge in [-0.25, -0.2) is 14.2 Å². The molecule has 0 saturated heterocycles. The Kier molecular flexibility index (Phi) is 9.77. The maximum Gasteiger partial charge on any atom is 0.338 e. The molecule has 5 rings (SSSR count). The number of hydrogen-bond donors (Lipinski definition) is 0. The predicted molar refractivity (Wildman–Crippen MR) is 179 cm³/mol. The third kappa shape index (κ3) is 6.47. The number of carbonyl (C=O) groups is 1. The Morgan fingerprint density at radius 2 is 1.81 bits per heavy atom. The molecule has 1 aliphatic heterocycles. The minimum absolute atomic E-state index is 0.167. The number of allylic oxidation sites excluding steroid dienone is 1. The predicted octanol–water partition coefficient (Wildman–Crippen LogP) is 7.03. The van der Waals surface area contributed by atoms with Crippen molar-refractivity contribution in [1.29, 1.82) is 0 Å². The molecule has 0 aliphatic carbocycles. The number of fused-ring (bicyclic) bond motifs is 1. The molecule has 4 aromatic rings. The zero-order valence-corrected chi connectivity index (χ0v) is 28.7. The first-order valence-electron chi connectivity index (χ1n) is 12.6. The van der Waals surface area contributed by atoms with Crippen molar-refractivity contribution in [3.8, 4) is 5.75 Å². The molecule has 0 fully saturated rings. The van der Waals surface area contributed by atoms with Gasteiger partial charge in [0, 0.05) is 15.6 Å². The average Bonchev–Trinajstić information content (AvgIpc) is 3.23. The second kappa shape index (κ2) is 13.2. The van der Waals surface area contributed by atoms with Crippen LogP contribution in [0, 0.1) is 13.0 Å². The van der Waals surface area contributed by atoms with Crippen LogP contribution in [0.1, 0.15) is 36.6 Å². The number of nitrogens with zero attached hydrogens (tertiary/aromatic N) is 2. The maximum absolute atomic E-state index is 13.8. The highest BCUT2D eigenvalue weighted by atomic mass is 127. The van der Waals surface area contributed by atoms with Gasteiger partial charge in [0.1, 0.15) is 18.2 Å². The summed E-state index contributed by atoms with van der Waals surface area (Å²) < 4.78 is 28.8. The van der Waals surface area contributed by atoms with E-state index in [2.05, 4.69) is 50.2 Å². The Morgan fingerprint density at radius 3 is 2.45 bits per heavy atom. The summed E-state index contributed by atoms with van der Waals surface area (Å²) >= 11 is 17.9. The topological polar surface area (TPSA) is 69.9 Å². The Balaban J connectivity index is 1.54. The fourth-order valence-corrected chi connectivity index (χ4v) is 8.13. The largest absolute Gasteiger partial charge is 0.487 e. The summed E-state index contributed by atoms with van der Waals surface area (Å²) in [5.41, 5.74) is 2.56. The number of carbonyl (C=O) groups excluding carboxylic acids is 1. The van der Waals surface area contributed by atoms with Gasteiger partial charge in [-0.05, 0) is 113 Å². The summed E-state index contributed by atoms with van der Waals surface area (Å²) in [6, 6.07) is 14.0. The van der Waals surface area contributed by atoms with Crippen LogP contribution in [0.5, 0.6) is 5.75 Å². The third-order valence-corrected chi connectivity index (χ3v) is 9.58. The van der Waals surface area contributed by atoms with Gasteiger partial charge < -0.3 is 9.47 Å². The molecule has 42 heavy (non-hydrogen) atoms. The summed E-state index contributed by atoms with van der Waals surface area (Å²) in [5.74, 6) is -0.286. The minimum Gasteiger partial charge on any atom is -0.487 e. The highest BCUT2D eigenvalue weighted by Gasteiger charge is 2.33. The van der Waals surface area contributed by atoms with Crippen LogP contribution in [0.25, 0.3) is 6.08 Å². The standard InChI is InChI=1S/C30H21Cl2FI2N2O4S/c1-3-40-29(39)25-15(2)36-30-37(26(25)17-5-8-20(33)9-6-17)28(38)24(42-30)12-16-10-22(34)27(23(35)11-16)41-14-18-4-7-19(31)13-21(18)32/h4-13,26H,3,14H2,1-2H3/b24-12-/t26-/m1/s1. The molecule has 1 aliphatic rings. The van der Waals surface area contributed by atoms with Crippen molar-refractivity contribution in [2.45, 2.75) is 26.5 Å². The summed E-state index contributed by atoms with van der Waals surface area (Å²) in [4.78, 5) is 31.9. The Labute approximate surface area is 281 Å². The SMILES string of the molecule is CCOC(=O)C1=C(C)N=c2s/c(=C\c3cc(I)c(OCc4ccc(Cl)cc4Cl)c(I)c3)c(=O)n2[C@@H]1c1ccc(F)cc1. The van der Waals surface area contributed by atoms with E-state index in [4.69, 9.17) is 32.7 Å². The molecule has 0 radical (unpaired) electrons. The van der Waals surface area contributed by atoms with E-state index < -0.39 is 17.8 Å². The molecule has 216 valence electrons. The lowest BCUT2D eigenvalue weighted by Gasteiger charge is -2.24. The molecule has 0 bridgehead atoms. The zero-order chi connectivity index (χ0) is 30.1. The zero-order valence-electron chi connectivity index (χ0n) is 22.1. The van der Waals surface area contributed by atoms with E-state index >= 15 is 0 Å². The number of halogens is 5. The molecular formula is C30H21Cl2FI2N2O4S. The summed E-state index contributed by atoms with van der Waals surface area (Å²) in [6.07, 6.45) is 1.79. The summed E-state index contributed by atoms with van der Waals surface area (Å²) in [6.45, 7) is 3.85. The quantitative estimate of drug-likeness (QED) is 0.148. The van der Waals surface area contributed by atoms with Gasteiger partial charge in [0.15, 0.2) is 4.80 Å². The van der Waals surface area contributed by atoms with Gasteiger partial charge in [-0.1, -0.05) is 52.7 Å². The van der Waals surface area contributed by atoms with Gasteiger partial charge in [-0.2, -0.15) is 0 Å². The van der Waals surface area contributed by atoms with Crippen molar-refractivity contribution < 1.29 is 18.7 Å². The summed E-state index contributed by atoms with van der Waals surface area (Å²) in [5, 5.41) is 1.08. The number of rotatable bonds is 7. The molecule has 0 unspecified atom stereocenters. The van der Waals surface area contributed by atoms with Crippen LogP contribution in [0.15, 0.2) is 75.7 Å². The van der Waals surface area contributed by atoms with Crippen molar-refractivity contribution in [1.82, 2.24) is 4.57 Å². The van der Waals surface area contributed by atoms with Crippen molar-refractivity contribution in [2.75, 3.05) is 6.61 Å². The van der Waals surface area contributed by atoms with Gasteiger partial charge in [0.25, 0.3) is 5.56 Å². The molecule has 3 aromatic carbocycles. The summed E-state index contributed by atoms with van der Waals surface area (Å²) in [7, 11) is 0. The highest BCUT2D eigenvalue weighted by molar-refractivity contribution is 14.1. The number of thiazole rings is 1. The van der Waals surface area contributed by atoms with Crippen molar-refractivity contribution >= 4 is 91.8 Å². The van der Waals surface area contributed by atoms with Crippen molar-refractivity contribution in [2.24, 2.45) is 4.99 Å². The smallest absolute Gasteiger partial charge is 0.338 e. The molecule has 1 aromatic heterocycles. The molecule has 1 atom stereocenters. The van der Waals surface area contributed by atoms with Crippen LogP contribution in [0.4, 0.5) is 4.39 Å². The number of benzene rings is 3.